The van der Waals surface area contributed by atoms with Crippen molar-refractivity contribution in [1.29, 1.82) is 0 Å². The SMILES string of the molecule is CCC(=O)OC(CC)Cc1ccccc1. The van der Waals surface area contributed by atoms with E-state index < -0.39 is 0 Å². The molecular formula is C13H18O2. The molecule has 0 aliphatic rings. The molecule has 0 N–H and O–H groups in total. The van der Waals surface area contributed by atoms with E-state index >= 15 is 0 Å². The Hall–Kier alpha value is -1.31. The van der Waals surface area contributed by atoms with Gasteiger partial charge in [0.05, 0.1) is 0 Å². The van der Waals surface area contributed by atoms with E-state index in [1.165, 1.54) is 5.56 Å². The summed E-state index contributed by atoms with van der Waals surface area (Å²) < 4.78 is 5.31. The largest absolute Gasteiger partial charge is 0.462 e. The third-order valence-electron chi connectivity index (χ3n) is 2.35. The van der Waals surface area contributed by atoms with Gasteiger partial charge in [0, 0.05) is 12.8 Å². The molecule has 0 bridgehead atoms. The van der Waals surface area contributed by atoms with Gasteiger partial charge in [0.15, 0.2) is 0 Å². The highest BCUT2D eigenvalue weighted by atomic mass is 16.5. The van der Waals surface area contributed by atoms with Crippen molar-refractivity contribution in [2.24, 2.45) is 0 Å². The fraction of sp³-hybridized carbons (Fsp3) is 0.462. The van der Waals surface area contributed by atoms with Crippen molar-refractivity contribution in [3.8, 4) is 0 Å². The van der Waals surface area contributed by atoms with Crippen molar-refractivity contribution in [3.05, 3.63) is 35.9 Å². The maximum Gasteiger partial charge on any atom is 0.305 e. The second-order valence-electron chi connectivity index (χ2n) is 3.56. The summed E-state index contributed by atoms with van der Waals surface area (Å²) in [4.78, 5) is 11.1. The maximum atomic E-state index is 11.1. The van der Waals surface area contributed by atoms with Gasteiger partial charge in [0.25, 0.3) is 0 Å². The molecule has 0 fully saturated rings. The van der Waals surface area contributed by atoms with Gasteiger partial charge in [-0.1, -0.05) is 44.2 Å². The van der Waals surface area contributed by atoms with E-state index in [4.69, 9.17) is 4.74 Å². The highest BCUT2D eigenvalue weighted by molar-refractivity contribution is 5.69. The Labute approximate surface area is 91.3 Å². The molecule has 0 saturated carbocycles. The van der Waals surface area contributed by atoms with Gasteiger partial charge in [-0.2, -0.15) is 0 Å². The number of rotatable bonds is 5. The first-order chi connectivity index (χ1) is 7.26. The van der Waals surface area contributed by atoms with E-state index in [1.54, 1.807) is 0 Å². The van der Waals surface area contributed by atoms with Crippen LogP contribution in [0.3, 0.4) is 0 Å². The molecule has 0 amide bonds. The molecule has 1 atom stereocenters. The van der Waals surface area contributed by atoms with Crippen LogP contribution in [0.2, 0.25) is 0 Å². The molecule has 0 aliphatic carbocycles. The normalized spacial score (nSPS) is 12.1. The Morgan fingerprint density at radius 3 is 2.47 bits per heavy atom. The molecule has 0 radical (unpaired) electrons. The van der Waals surface area contributed by atoms with Gasteiger partial charge in [0.1, 0.15) is 6.10 Å². The average Bonchev–Trinajstić information content (AvgIpc) is 2.29. The van der Waals surface area contributed by atoms with E-state index in [-0.39, 0.29) is 12.1 Å². The summed E-state index contributed by atoms with van der Waals surface area (Å²) in [5.74, 6) is -0.113. The molecule has 15 heavy (non-hydrogen) atoms. The smallest absolute Gasteiger partial charge is 0.305 e. The van der Waals surface area contributed by atoms with Crippen LogP contribution in [0, 0.1) is 0 Å². The predicted molar refractivity (Wildman–Crippen MR) is 60.6 cm³/mol. The minimum Gasteiger partial charge on any atom is -0.462 e. The Kier molecular flexibility index (Phi) is 4.88. The first-order valence-corrected chi connectivity index (χ1v) is 5.49. The minimum absolute atomic E-state index is 0.0137. The quantitative estimate of drug-likeness (QED) is 0.692. The number of benzene rings is 1. The predicted octanol–water partition coefficient (Wildman–Crippen LogP) is 2.96. The summed E-state index contributed by atoms with van der Waals surface area (Å²) in [5.41, 5.74) is 1.22. The van der Waals surface area contributed by atoms with E-state index in [1.807, 2.05) is 32.0 Å². The third-order valence-corrected chi connectivity index (χ3v) is 2.35. The lowest BCUT2D eigenvalue weighted by molar-refractivity contribution is -0.148. The van der Waals surface area contributed by atoms with E-state index in [0.717, 1.165) is 12.8 Å². The van der Waals surface area contributed by atoms with E-state index in [2.05, 4.69) is 12.1 Å². The first kappa shape index (κ1) is 11.8. The molecule has 0 aromatic heterocycles. The van der Waals surface area contributed by atoms with Crippen LogP contribution in [0.25, 0.3) is 0 Å². The summed E-state index contributed by atoms with van der Waals surface area (Å²) in [6, 6.07) is 10.1. The van der Waals surface area contributed by atoms with Crippen molar-refractivity contribution in [2.75, 3.05) is 0 Å². The van der Waals surface area contributed by atoms with Crippen LogP contribution < -0.4 is 0 Å². The van der Waals surface area contributed by atoms with Crippen LogP contribution in [0.4, 0.5) is 0 Å². The second-order valence-corrected chi connectivity index (χ2v) is 3.56. The van der Waals surface area contributed by atoms with Crippen LogP contribution in [0.5, 0.6) is 0 Å². The molecular weight excluding hydrogens is 188 g/mol. The highest BCUT2D eigenvalue weighted by Crippen LogP contribution is 2.09. The second kappa shape index (κ2) is 6.23. The van der Waals surface area contributed by atoms with Crippen LogP contribution in [-0.4, -0.2) is 12.1 Å². The molecule has 0 saturated heterocycles. The summed E-state index contributed by atoms with van der Waals surface area (Å²) in [6.45, 7) is 3.86. The summed E-state index contributed by atoms with van der Waals surface area (Å²) in [6.07, 6.45) is 2.13. The Morgan fingerprint density at radius 2 is 1.93 bits per heavy atom. The molecule has 1 unspecified atom stereocenters. The van der Waals surface area contributed by atoms with Gasteiger partial charge >= 0.3 is 5.97 Å². The zero-order valence-corrected chi connectivity index (χ0v) is 9.40. The van der Waals surface area contributed by atoms with Crippen LogP contribution in [0.1, 0.15) is 32.3 Å². The highest BCUT2D eigenvalue weighted by Gasteiger charge is 2.11. The number of hydrogen-bond acceptors (Lipinski definition) is 2. The summed E-state index contributed by atoms with van der Waals surface area (Å²) in [5, 5.41) is 0. The zero-order chi connectivity index (χ0) is 11.1. The molecule has 1 aromatic rings. The van der Waals surface area contributed by atoms with Gasteiger partial charge in [-0.25, -0.2) is 0 Å². The molecule has 0 heterocycles. The monoisotopic (exact) mass is 206 g/mol. The lowest BCUT2D eigenvalue weighted by Crippen LogP contribution is -2.19. The van der Waals surface area contributed by atoms with E-state index in [0.29, 0.717) is 6.42 Å². The van der Waals surface area contributed by atoms with E-state index in [9.17, 15) is 4.79 Å². The Bertz CT molecular complexity index is 293. The number of esters is 1. The van der Waals surface area contributed by atoms with Gasteiger partial charge in [0.2, 0.25) is 0 Å². The third kappa shape index (κ3) is 4.15. The molecule has 0 aliphatic heterocycles. The number of carbonyl (C=O) groups excluding carboxylic acids is 1. The Balaban J connectivity index is 2.50. The molecule has 1 aromatic carbocycles. The van der Waals surface area contributed by atoms with Crippen LogP contribution >= 0.6 is 0 Å². The van der Waals surface area contributed by atoms with Gasteiger partial charge < -0.3 is 4.74 Å². The maximum absolute atomic E-state index is 11.1. The number of hydrogen-bond donors (Lipinski definition) is 0. The molecule has 0 spiro atoms. The van der Waals surface area contributed by atoms with Crippen molar-refractivity contribution < 1.29 is 9.53 Å². The van der Waals surface area contributed by atoms with Gasteiger partial charge in [-0.15, -0.1) is 0 Å². The minimum atomic E-state index is -0.113. The van der Waals surface area contributed by atoms with Crippen molar-refractivity contribution >= 4 is 5.97 Å². The average molecular weight is 206 g/mol. The van der Waals surface area contributed by atoms with Crippen molar-refractivity contribution in [2.45, 2.75) is 39.2 Å². The van der Waals surface area contributed by atoms with Crippen LogP contribution in [0.15, 0.2) is 30.3 Å². The fourth-order valence-electron chi connectivity index (χ4n) is 1.42. The number of carbonyl (C=O) groups is 1. The van der Waals surface area contributed by atoms with Gasteiger partial charge in [-0.3, -0.25) is 4.79 Å². The molecule has 2 heteroatoms. The Morgan fingerprint density at radius 1 is 1.27 bits per heavy atom. The van der Waals surface area contributed by atoms with Gasteiger partial charge in [-0.05, 0) is 12.0 Å². The number of ether oxygens (including phenoxy) is 1. The topological polar surface area (TPSA) is 26.3 Å². The standard InChI is InChI=1S/C13H18O2/c1-3-12(15-13(14)4-2)10-11-8-6-5-7-9-11/h5-9,12H,3-4,10H2,1-2H3. The molecule has 82 valence electrons. The van der Waals surface area contributed by atoms with Crippen molar-refractivity contribution in [3.63, 3.8) is 0 Å². The lowest BCUT2D eigenvalue weighted by atomic mass is 10.1. The first-order valence-electron chi connectivity index (χ1n) is 5.49. The lowest BCUT2D eigenvalue weighted by Gasteiger charge is -2.15. The molecule has 1 rings (SSSR count). The summed E-state index contributed by atoms with van der Waals surface area (Å²) in [7, 11) is 0. The van der Waals surface area contributed by atoms with Crippen LogP contribution in [-0.2, 0) is 16.0 Å². The zero-order valence-electron chi connectivity index (χ0n) is 9.40. The summed E-state index contributed by atoms with van der Waals surface area (Å²) >= 11 is 0. The van der Waals surface area contributed by atoms with Crippen molar-refractivity contribution in [1.82, 2.24) is 0 Å². The fourth-order valence-corrected chi connectivity index (χ4v) is 1.42. The molecule has 2 nitrogen and oxygen atoms in total.